The van der Waals surface area contributed by atoms with Gasteiger partial charge in [0.05, 0.1) is 37.7 Å². The number of hydrogen-bond donors (Lipinski definition) is 3. The summed E-state index contributed by atoms with van der Waals surface area (Å²) in [6.45, 7) is 2.08. The Hall–Kier alpha value is -1.50. The lowest BCUT2D eigenvalue weighted by Gasteiger charge is -2.43. The van der Waals surface area contributed by atoms with Crippen LogP contribution in [0.3, 0.4) is 0 Å². The summed E-state index contributed by atoms with van der Waals surface area (Å²) in [6.07, 6.45) is 2.94. The van der Waals surface area contributed by atoms with Crippen molar-refractivity contribution >= 4 is 11.3 Å². The van der Waals surface area contributed by atoms with Crippen molar-refractivity contribution in [2.24, 2.45) is 0 Å². The molecule has 0 aromatic carbocycles. The summed E-state index contributed by atoms with van der Waals surface area (Å²) < 4.78 is 48.6. The Balaban J connectivity index is 1.21. The van der Waals surface area contributed by atoms with Crippen molar-refractivity contribution in [3.63, 3.8) is 0 Å². The Kier molecular flexibility index (Phi) is 6.77. The molecule has 1 spiro atoms. The molecule has 194 valence electrons. The molecule has 0 bridgehead atoms. The van der Waals surface area contributed by atoms with Crippen molar-refractivity contribution in [3.05, 3.63) is 38.8 Å². The number of piperidine rings is 1. The molecule has 5 rings (SSSR count). The van der Waals surface area contributed by atoms with Crippen LogP contribution in [0.5, 0.6) is 0 Å². The van der Waals surface area contributed by atoms with Crippen LogP contribution in [0.2, 0.25) is 0 Å². The second-order valence-electron chi connectivity index (χ2n) is 10.2. The summed E-state index contributed by atoms with van der Waals surface area (Å²) >= 11 is 0.739. The van der Waals surface area contributed by atoms with E-state index >= 15 is 0 Å². The summed E-state index contributed by atoms with van der Waals surface area (Å²) in [6, 6.07) is 0. The number of thiophene rings is 1. The van der Waals surface area contributed by atoms with Gasteiger partial charge in [0, 0.05) is 48.3 Å². The molecule has 4 heterocycles. The van der Waals surface area contributed by atoms with E-state index in [9.17, 15) is 28.5 Å². The molecule has 0 radical (unpaired) electrons. The minimum Gasteiger partial charge on any atom is -0.392 e. The van der Waals surface area contributed by atoms with Crippen LogP contribution in [0.4, 0.5) is 13.2 Å². The second-order valence-corrected chi connectivity index (χ2v) is 11.3. The van der Waals surface area contributed by atoms with Gasteiger partial charge in [-0.1, -0.05) is 0 Å². The first-order valence-electron chi connectivity index (χ1n) is 12.2. The van der Waals surface area contributed by atoms with E-state index in [4.69, 9.17) is 4.74 Å². The average Bonchev–Trinajstić information content (AvgIpc) is 3.39. The predicted octanol–water partition coefficient (Wildman–Crippen LogP) is 3.19. The van der Waals surface area contributed by atoms with E-state index in [-0.39, 0.29) is 5.56 Å². The SMILES string of the molecule is OCc1c(C(F)(F)F)sc2c1CCOC21CCN(Cc2cnn(CC(O)CC3(O)CCC3)c2)CC1. The molecule has 7 nitrogen and oxygen atoms in total. The van der Waals surface area contributed by atoms with E-state index < -0.39 is 35.0 Å². The largest absolute Gasteiger partial charge is 0.425 e. The summed E-state index contributed by atoms with van der Waals surface area (Å²) in [7, 11) is 0. The third kappa shape index (κ3) is 5.03. The van der Waals surface area contributed by atoms with Gasteiger partial charge in [0.25, 0.3) is 0 Å². The molecule has 1 saturated heterocycles. The minimum absolute atomic E-state index is 0.0154. The molecule has 2 fully saturated rings. The first-order chi connectivity index (χ1) is 16.6. The molecule has 1 aliphatic carbocycles. The van der Waals surface area contributed by atoms with Gasteiger partial charge in [0.2, 0.25) is 0 Å². The zero-order chi connectivity index (χ0) is 24.8. The molecule has 1 saturated carbocycles. The number of fused-ring (bicyclic) bond motifs is 2. The fourth-order valence-electron chi connectivity index (χ4n) is 5.74. The normalized spacial score (nSPS) is 22.7. The quantitative estimate of drug-likeness (QED) is 0.525. The number of hydrogen-bond acceptors (Lipinski definition) is 7. The highest BCUT2D eigenvalue weighted by molar-refractivity contribution is 7.12. The first-order valence-corrected chi connectivity index (χ1v) is 13.0. The van der Waals surface area contributed by atoms with Crippen LogP contribution in [0, 0.1) is 0 Å². The van der Waals surface area contributed by atoms with Gasteiger partial charge in [-0.15, -0.1) is 11.3 Å². The highest BCUT2D eigenvalue weighted by atomic mass is 32.1. The van der Waals surface area contributed by atoms with E-state index in [0.717, 1.165) is 36.2 Å². The van der Waals surface area contributed by atoms with E-state index in [2.05, 4.69) is 10.00 Å². The van der Waals surface area contributed by atoms with Gasteiger partial charge >= 0.3 is 6.18 Å². The van der Waals surface area contributed by atoms with Gasteiger partial charge in [-0.3, -0.25) is 9.58 Å². The maximum atomic E-state index is 13.6. The van der Waals surface area contributed by atoms with E-state index in [0.29, 0.717) is 68.9 Å². The van der Waals surface area contributed by atoms with Crippen LogP contribution < -0.4 is 0 Å². The molecule has 0 amide bonds. The van der Waals surface area contributed by atoms with Crippen molar-refractivity contribution in [2.45, 2.75) is 88.1 Å². The first kappa shape index (κ1) is 25.2. The zero-order valence-electron chi connectivity index (χ0n) is 19.6. The standard InChI is InChI=1S/C24H32F3N3O4S/c25-24(26,27)21-19(15-31)18-2-9-34-23(20(18)35-21)5-7-29(8-6-23)12-16-11-28-30(13-16)14-17(32)10-22(33)3-1-4-22/h11,13,17,31-33H,1-10,12,14-15H2. The number of alkyl halides is 3. The number of halogens is 3. The van der Waals surface area contributed by atoms with Crippen molar-refractivity contribution in [1.82, 2.24) is 14.7 Å². The average molecular weight is 516 g/mol. The Morgan fingerprint density at radius 3 is 2.57 bits per heavy atom. The third-order valence-corrected chi connectivity index (χ3v) is 9.24. The Labute approximate surface area is 206 Å². The summed E-state index contributed by atoms with van der Waals surface area (Å²) in [5, 5.41) is 34.6. The summed E-state index contributed by atoms with van der Waals surface area (Å²) in [5.41, 5.74) is 0.177. The lowest BCUT2D eigenvalue weighted by Crippen LogP contribution is -2.45. The maximum Gasteiger partial charge on any atom is 0.425 e. The summed E-state index contributed by atoms with van der Waals surface area (Å²) in [4.78, 5) is 2.18. The smallest absolute Gasteiger partial charge is 0.392 e. The van der Waals surface area contributed by atoms with Crippen LogP contribution in [0.1, 0.15) is 65.0 Å². The molecule has 2 aromatic heterocycles. The van der Waals surface area contributed by atoms with Crippen LogP contribution >= 0.6 is 11.3 Å². The molecular formula is C24H32F3N3O4S. The molecule has 3 aliphatic rings. The minimum atomic E-state index is -4.48. The van der Waals surface area contributed by atoms with Crippen LogP contribution in [-0.2, 0) is 42.6 Å². The van der Waals surface area contributed by atoms with Gasteiger partial charge < -0.3 is 20.1 Å². The molecule has 2 aromatic rings. The molecule has 11 heteroatoms. The number of nitrogens with zero attached hydrogens (tertiary/aromatic N) is 3. The lowest BCUT2D eigenvalue weighted by molar-refractivity contribution is -0.135. The van der Waals surface area contributed by atoms with Gasteiger partial charge in [0.15, 0.2) is 0 Å². The molecule has 1 atom stereocenters. The lowest BCUT2D eigenvalue weighted by atomic mass is 9.76. The maximum absolute atomic E-state index is 13.6. The fourth-order valence-corrected chi connectivity index (χ4v) is 7.17. The van der Waals surface area contributed by atoms with Crippen molar-refractivity contribution in [3.8, 4) is 0 Å². The van der Waals surface area contributed by atoms with Crippen molar-refractivity contribution in [2.75, 3.05) is 19.7 Å². The Morgan fingerprint density at radius 2 is 1.94 bits per heavy atom. The molecule has 2 aliphatic heterocycles. The van der Waals surface area contributed by atoms with Crippen LogP contribution in [-0.4, -0.2) is 61.4 Å². The second kappa shape index (κ2) is 9.42. The van der Waals surface area contributed by atoms with Crippen LogP contribution in [0.15, 0.2) is 12.4 Å². The highest BCUT2D eigenvalue weighted by Gasteiger charge is 2.47. The molecular weight excluding hydrogens is 483 g/mol. The Bertz CT molecular complexity index is 1040. The number of ether oxygens (including phenoxy) is 1. The highest BCUT2D eigenvalue weighted by Crippen LogP contribution is 2.50. The van der Waals surface area contributed by atoms with Gasteiger partial charge in [-0.05, 0) is 44.1 Å². The predicted molar refractivity (Wildman–Crippen MR) is 123 cm³/mol. The molecule has 35 heavy (non-hydrogen) atoms. The zero-order valence-corrected chi connectivity index (χ0v) is 20.4. The van der Waals surface area contributed by atoms with Gasteiger partial charge in [0.1, 0.15) is 10.5 Å². The van der Waals surface area contributed by atoms with E-state index in [1.807, 2.05) is 6.20 Å². The van der Waals surface area contributed by atoms with Crippen LogP contribution in [0.25, 0.3) is 0 Å². The number of aromatic nitrogens is 2. The monoisotopic (exact) mass is 515 g/mol. The molecule has 1 unspecified atom stereocenters. The van der Waals surface area contributed by atoms with E-state index in [1.165, 1.54) is 0 Å². The number of aliphatic hydroxyl groups is 3. The Morgan fingerprint density at radius 1 is 1.20 bits per heavy atom. The van der Waals surface area contributed by atoms with Crippen molar-refractivity contribution in [1.29, 1.82) is 0 Å². The van der Waals surface area contributed by atoms with Gasteiger partial charge in [-0.2, -0.15) is 18.3 Å². The third-order valence-electron chi connectivity index (χ3n) is 7.73. The number of likely N-dealkylation sites (tertiary alicyclic amines) is 1. The van der Waals surface area contributed by atoms with E-state index in [1.54, 1.807) is 10.9 Å². The topological polar surface area (TPSA) is 91.0 Å². The fraction of sp³-hybridized carbons (Fsp3) is 0.708. The summed E-state index contributed by atoms with van der Waals surface area (Å²) in [5.74, 6) is 0. The van der Waals surface area contributed by atoms with Gasteiger partial charge in [-0.25, -0.2) is 0 Å². The number of aliphatic hydroxyl groups excluding tert-OH is 2. The molecule has 3 N–H and O–H groups in total. The van der Waals surface area contributed by atoms with Crippen molar-refractivity contribution < 1.29 is 33.2 Å². The number of rotatable bonds is 7.